The fourth-order valence-corrected chi connectivity index (χ4v) is 1.05. The number of carbonyl (C=O) groups is 2. The van der Waals surface area contributed by atoms with Crippen LogP contribution in [0.4, 0.5) is 0 Å². The van der Waals surface area contributed by atoms with Crippen LogP contribution in [-0.4, -0.2) is 68.4 Å². The SMILES string of the molecule is COCCN(CC(=O)N(C)C)C(=O)CCl. The van der Waals surface area contributed by atoms with Crippen LogP contribution in [0.5, 0.6) is 0 Å². The summed E-state index contributed by atoms with van der Waals surface area (Å²) in [6.07, 6.45) is 0. The number of alkyl halides is 1. The molecule has 0 rings (SSSR count). The number of ether oxygens (including phenoxy) is 1. The molecule has 0 N–H and O–H groups in total. The fourth-order valence-electron chi connectivity index (χ4n) is 0.883. The molecule has 0 aliphatic heterocycles. The van der Waals surface area contributed by atoms with E-state index >= 15 is 0 Å². The molecule has 5 nitrogen and oxygen atoms in total. The first-order valence-corrected chi connectivity index (χ1v) is 5.09. The minimum absolute atomic E-state index is 0.0436. The van der Waals surface area contributed by atoms with Crippen LogP contribution < -0.4 is 0 Å². The summed E-state index contributed by atoms with van der Waals surface area (Å²) in [6.45, 7) is 0.812. The molecule has 0 atom stereocenters. The topological polar surface area (TPSA) is 49.9 Å². The van der Waals surface area contributed by atoms with E-state index in [0.29, 0.717) is 13.2 Å². The molecule has 0 saturated heterocycles. The highest BCUT2D eigenvalue weighted by Crippen LogP contribution is 1.94. The molecule has 2 amide bonds. The highest BCUT2D eigenvalue weighted by atomic mass is 35.5. The fraction of sp³-hybridized carbons (Fsp3) is 0.778. The van der Waals surface area contributed by atoms with Gasteiger partial charge in [0, 0.05) is 27.7 Å². The second-order valence-corrected chi connectivity index (χ2v) is 3.50. The van der Waals surface area contributed by atoms with E-state index in [2.05, 4.69) is 0 Å². The van der Waals surface area contributed by atoms with Gasteiger partial charge in [-0.2, -0.15) is 0 Å². The Kier molecular flexibility index (Phi) is 7.07. The standard InChI is InChI=1S/C9H17ClN2O3/c1-11(2)9(14)7-12(4-5-15-3)8(13)6-10/h4-7H2,1-3H3. The van der Waals surface area contributed by atoms with Gasteiger partial charge in [-0.25, -0.2) is 0 Å². The highest BCUT2D eigenvalue weighted by Gasteiger charge is 2.16. The largest absolute Gasteiger partial charge is 0.383 e. The molecule has 0 fully saturated rings. The normalized spacial score (nSPS) is 9.87. The van der Waals surface area contributed by atoms with Crippen molar-refractivity contribution in [2.45, 2.75) is 0 Å². The molecule has 0 heterocycles. The van der Waals surface area contributed by atoms with Crippen molar-refractivity contribution in [1.29, 1.82) is 0 Å². The van der Waals surface area contributed by atoms with E-state index in [0.717, 1.165) is 0 Å². The van der Waals surface area contributed by atoms with Crippen LogP contribution in [0, 0.1) is 0 Å². The minimum atomic E-state index is -0.260. The third-order valence-corrected chi connectivity index (χ3v) is 2.09. The molecule has 6 heteroatoms. The van der Waals surface area contributed by atoms with E-state index in [4.69, 9.17) is 16.3 Å². The first kappa shape index (κ1) is 14.2. The zero-order valence-electron chi connectivity index (χ0n) is 9.33. The van der Waals surface area contributed by atoms with Crippen LogP contribution in [-0.2, 0) is 14.3 Å². The van der Waals surface area contributed by atoms with Crippen molar-refractivity contribution in [2.75, 3.05) is 46.8 Å². The maximum Gasteiger partial charge on any atom is 0.241 e. The highest BCUT2D eigenvalue weighted by molar-refractivity contribution is 6.27. The number of amides is 2. The number of methoxy groups -OCH3 is 1. The summed E-state index contributed by atoms with van der Waals surface area (Å²) in [5.41, 5.74) is 0. The summed E-state index contributed by atoms with van der Waals surface area (Å²) in [6, 6.07) is 0. The van der Waals surface area contributed by atoms with Gasteiger partial charge in [0.05, 0.1) is 13.2 Å². The summed E-state index contributed by atoms with van der Waals surface area (Å²) in [7, 11) is 4.82. The number of hydrogen-bond acceptors (Lipinski definition) is 3. The maximum absolute atomic E-state index is 11.4. The second kappa shape index (κ2) is 7.48. The summed E-state index contributed by atoms with van der Waals surface area (Å²) in [5, 5.41) is 0. The Morgan fingerprint density at radius 2 is 1.87 bits per heavy atom. The van der Waals surface area contributed by atoms with Gasteiger partial charge in [-0.05, 0) is 0 Å². The van der Waals surface area contributed by atoms with E-state index in [1.807, 2.05) is 0 Å². The quantitative estimate of drug-likeness (QED) is 0.600. The number of rotatable bonds is 6. The number of halogens is 1. The Hall–Kier alpha value is -0.810. The molecule has 88 valence electrons. The molecule has 0 unspecified atom stereocenters. The average Bonchev–Trinajstić information content (AvgIpc) is 2.22. The van der Waals surface area contributed by atoms with Crippen molar-refractivity contribution in [3.8, 4) is 0 Å². The summed E-state index contributed by atoms with van der Waals surface area (Å²) in [4.78, 5) is 25.5. The molecule has 0 bridgehead atoms. The first-order chi connectivity index (χ1) is 7.02. The number of likely N-dealkylation sites (N-methyl/N-ethyl adjacent to an activating group) is 1. The first-order valence-electron chi connectivity index (χ1n) is 4.55. The van der Waals surface area contributed by atoms with Crippen LogP contribution in [0.3, 0.4) is 0 Å². The van der Waals surface area contributed by atoms with Crippen molar-refractivity contribution < 1.29 is 14.3 Å². The third-order valence-electron chi connectivity index (χ3n) is 1.86. The molecule has 0 aromatic rings. The van der Waals surface area contributed by atoms with Gasteiger partial charge >= 0.3 is 0 Å². The molecular weight excluding hydrogens is 220 g/mol. The van der Waals surface area contributed by atoms with Gasteiger partial charge < -0.3 is 14.5 Å². The van der Waals surface area contributed by atoms with Crippen LogP contribution in [0.25, 0.3) is 0 Å². The van der Waals surface area contributed by atoms with Gasteiger partial charge in [-0.1, -0.05) is 0 Å². The van der Waals surface area contributed by atoms with E-state index in [1.165, 1.54) is 16.9 Å². The Bertz CT molecular complexity index is 221. The molecule has 0 saturated carbocycles. The van der Waals surface area contributed by atoms with Crippen molar-refractivity contribution in [1.82, 2.24) is 9.80 Å². The average molecular weight is 237 g/mol. The lowest BCUT2D eigenvalue weighted by molar-refractivity contribution is -0.138. The van der Waals surface area contributed by atoms with Gasteiger partial charge in [0.25, 0.3) is 0 Å². The monoisotopic (exact) mass is 236 g/mol. The van der Waals surface area contributed by atoms with Crippen LogP contribution in [0.2, 0.25) is 0 Å². The van der Waals surface area contributed by atoms with Crippen LogP contribution in [0.1, 0.15) is 0 Å². The Balaban J connectivity index is 4.23. The smallest absolute Gasteiger partial charge is 0.241 e. The molecule has 0 aromatic carbocycles. The number of nitrogens with zero attached hydrogens (tertiary/aromatic N) is 2. The van der Waals surface area contributed by atoms with E-state index in [-0.39, 0.29) is 24.2 Å². The van der Waals surface area contributed by atoms with Crippen LogP contribution in [0.15, 0.2) is 0 Å². The van der Waals surface area contributed by atoms with Gasteiger partial charge in [-0.15, -0.1) is 11.6 Å². The molecular formula is C9H17ClN2O3. The predicted molar refractivity (Wildman–Crippen MR) is 57.9 cm³/mol. The number of carbonyl (C=O) groups excluding carboxylic acids is 2. The van der Waals surface area contributed by atoms with Crippen molar-refractivity contribution in [3.63, 3.8) is 0 Å². The molecule has 0 aliphatic carbocycles. The maximum atomic E-state index is 11.4. The predicted octanol–water partition coefficient (Wildman–Crippen LogP) is -0.212. The van der Waals surface area contributed by atoms with Gasteiger partial charge in [-0.3, -0.25) is 9.59 Å². The van der Waals surface area contributed by atoms with E-state index in [9.17, 15) is 9.59 Å². The van der Waals surface area contributed by atoms with E-state index in [1.54, 1.807) is 14.1 Å². The zero-order chi connectivity index (χ0) is 11.8. The lowest BCUT2D eigenvalue weighted by Crippen LogP contribution is -2.42. The lowest BCUT2D eigenvalue weighted by Gasteiger charge is -2.22. The molecule has 0 aromatic heterocycles. The molecule has 0 aliphatic rings. The van der Waals surface area contributed by atoms with Crippen molar-refractivity contribution >= 4 is 23.4 Å². The lowest BCUT2D eigenvalue weighted by atomic mass is 10.4. The van der Waals surface area contributed by atoms with Gasteiger partial charge in [0.15, 0.2) is 0 Å². The molecule has 0 radical (unpaired) electrons. The molecule has 0 spiro atoms. The second-order valence-electron chi connectivity index (χ2n) is 3.23. The zero-order valence-corrected chi connectivity index (χ0v) is 10.1. The van der Waals surface area contributed by atoms with Crippen molar-refractivity contribution in [2.24, 2.45) is 0 Å². The Morgan fingerprint density at radius 1 is 1.27 bits per heavy atom. The van der Waals surface area contributed by atoms with Gasteiger partial charge in [0.1, 0.15) is 5.88 Å². The Labute approximate surface area is 94.9 Å². The van der Waals surface area contributed by atoms with Gasteiger partial charge in [0.2, 0.25) is 11.8 Å². The summed E-state index contributed by atoms with van der Waals surface area (Å²) in [5.74, 6) is -0.516. The molecule has 15 heavy (non-hydrogen) atoms. The third kappa shape index (κ3) is 5.59. The van der Waals surface area contributed by atoms with E-state index < -0.39 is 0 Å². The Morgan fingerprint density at radius 3 is 2.27 bits per heavy atom. The summed E-state index contributed by atoms with van der Waals surface area (Å²) < 4.78 is 4.85. The van der Waals surface area contributed by atoms with Crippen LogP contribution >= 0.6 is 11.6 Å². The number of hydrogen-bond donors (Lipinski definition) is 0. The van der Waals surface area contributed by atoms with Crippen molar-refractivity contribution in [3.05, 3.63) is 0 Å². The minimum Gasteiger partial charge on any atom is -0.383 e. The summed E-state index contributed by atoms with van der Waals surface area (Å²) >= 11 is 5.43.